The van der Waals surface area contributed by atoms with Crippen molar-refractivity contribution in [2.24, 2.45) is 5.92 Å². The lowest BCUT2D eigenvalue weighted by Crippen LogP contribution is -2.50. The van der Waals surface area contributed by atoms with Gasteiger partial charge in [0.2, 0.25) is 0 Å². The van der Waals surface area contributed by atoms with Gasteiger partial charge >= 0.3 is 5.97 Å². The van der Waals surface area contributed by atoms with Gasteiger partial charge in [0, 0.05) is 5.92 Å². The minimum Gasteiger partial charge on any atom is -0.458 e. The summed E-state index contributed by atoms with van der Waals surface area (Å²) in [5.41, 5.74) is 1.09. The largest absolute Gasteiger partial charge is 0.458 e. The third-order valence-corrected chi connectivity index (χ3v) is 6.41. The highest BCUT2D eigenvalue weighted by Gasteiger charge is 2.69. The zero-order valence-corrected chi connectivity index (χ0v) is 15.9. The lowest BCUT2D eigenvalue weighted by atomic mass is 9.73. The highest BCUT2D eigenvalue weighted by Crippen LogP contribution is 2.65. The zero-order valence-electron chi connectivity index (χ0n) is 15.9. The predicted molar refractivity (Wildman–Crippen MR) is 97.5 cm³/mol. The normalized spacial score (nSPS) is 37.0. The first-order valence-corrected chi connectivity index (χ1v) is 9.76. The first-order chi connectivity index (χ1) is 11.8. The molecule has 0 radical (unpaired) electrons. The van der Waals surface area contributed by atoms with E-state index in [4.69, 9.17) is 9.47 Å². The molecule has 0 N–H and O–H groups in total. The van der Waals surface area contributed by atoms with Crippen molar-refractivity contribution in [3.63, 3.8) is 0 Å². The van der Waals surface area contributed by atoms with Gasteiger partial charge in [0.25, 0.3) is 0 Å². The summed E-state index contributed by atoms with van der Waals surface area (Å²) in [7, 11) is 0. The van der Waals surface area contributed by atoms with Crippen LogP contribution in [0.25, 0.3) is 0 Å². The van der Waals surface area contributed by atoms with Crippen molar-refractivity contribution in [3.8, 4) is 0 Å². The summed E-state index contributed by atoms with van der Waals surface area (Å²) in [5, 5.41) is 0. The molecule has 0 amide bonds. The fourth-order valence-electron chi connectivity index (χ4n) is 5.55. The van der Waals surface area contributed by atoms with E-state index in [0.717, 1.165) is 32.1 Å². The van der Waals surface area contributed by atoms with Gasteiger partial charge in [-0.05, 0) is 71.3 Å². The SMILES string of the molecule is Cc1ccc(C2C3CCCC34CCCC2(C(=O)OC(C)(C)C)O4)cc1. The van der Waals surface area contributed by atoms with E-state index < -0.39 is 11.2 Å². The summed E-state index contributed by atoms with van der Waals surface area (Å²) >= 11 is 0. The molecular formula is C22H30O3. The lowest BCUT2D eigenvalue weighted by molar-refractivity contribution is -0.202. The number of benzene rings is 1. The van der Waals surface area contributed by atoms with Crippen molar-refractivity contribution in [1.29, 1.82) is 0 Å². The Morgan fingerprint density at radius 1 is 1.12 bits per heavy atom. The molecule has 3 nitrogen and oxygen atoms in total. The van der Waals surface area contributed by atoms with Crippen LogP contribution in [0.5, 0.6) is 0 Å². The third-order valence-electron chi connectivity index (χ3n) is 6.41. The van der Waals surface area contributed by atoms with Crippen molar-refractivity contribution in [1.82, 2.24) is 0 Å². The Hall–Kier alpha value is -1.35. The van der Waals surface area contributed by atoms with Crippen LogP contribution in [0.1, 0.15) is 76.3 Å². The topological polar surface area (TPSA) is 35.5 Å². The number of aryl methyl sites for hydroxylation is 1. The van der Waals surface area contributed by atoms with Crippen molar-refractivity contribution in [2.45, 2.75) is 88.9 Å². The molecule has 1 spiro atoms. The fourth-order valence-corrected chi connectivity index (χ4v) is 5.55. The maximum absolute atomic E-state index is 13.3. The van der Waals surface area contributed by atoms with Gasteiger partial charge in [-0.2, -0.15) is 0 Å². The molecule has 3 heteroatoms. The Labute approximate surface area is 151 Å². The van der Waals surface area contributed by atoms with Gasteiger partial charge in [-0.25, -0.2) is 4.79 Å². The Bertz CT molecular complexity index is 672. The Kier molecular flexibility index (Phi) is 3.81. The molecule has 3 aliphatic rings. The van der Waals surface area contributed by atoms with E-state index >= 15 is 0 Å². The summed E-state index contributed by atoms with van der Waals surface area (Å²) in [4.78, 5) is 13.3. The molecule has 1 saturated carbocycles. The number of rotatable bonds is 2. The van der Waals surface area contributed by atoms with Crippen molar-refractivity contribution in [3.05, 3.63) is 35.4 Å². The fraction of sp³-hybridized carbons (Fsp3) is 0.682. The number of hydrogen-bond acceptors (Lipinski definition) is 3. The summed E-state index contributed by atoms with van der Waals surface area (Å²) in [6.45, 7) is 7.93. The molecule has 4 unspecified atom stereocenters. The molecule has 136 valence electrons. The van der Waals surface area contributed by atoms with Crippen LogP contribution in [0.15, 0.2) is 24.3 Å². The summed E-state index contributed by atoms with van der Waals surface area (Å²) in [6, 6.07) is 8.70. The molecule has 2 saturated heterocycles. The molecule has 25 heavy (non-hydrogen) atoms. The predicted octanol–water partition coefficient (Wildman–Crippen LogP) is 4.91. The summed E-state index contributed by atoms with van der Waals surface area (Å²) in [6.07, 6.45) is 6.37. The summed E-state index contributed by atoms with van der Waals surface area (Å²) in [5.74, 6) is 0.400. The van der Waals surface area contributed by atoms with Crippen LogP contribution in [0.2, 0.25) is 0 Å². The zero-order chi connectivity index (χ0) is 17.9. The van der Waals surface area contributed by atoms with E-state index in [1.165, 1.54) is 17.5 Å². The number of hydrogen-bond donors (Lipinski definition) is 0. The van der Waals surface area contributed by atoms with Crippen LogP contribution in [0.3, 0.4) is 0 Å². The van der Waals surface area contributed by atoms with Crippen molar-refractivity contribution >= 4 is 5.97 Å². The molecule has 3 fully saturated rings. The number of esters is 1. The van der Waals surface area contributed by atoms with Crippen LogP contribution in [0.4, 0.5) is 0 Å². The van der Waals surface area contributed by atoms with Gasteiger partial charge < -0.3 is 9.47 Å². The second-order valence-corrected chi connectivity index (χ2v) is 9.30. The molecule has 2 aliphatic heterocycles. The van der Waals surface area contributed by atoms with Gasteiger partial charge in [0.05, 0.1) is 5.60 Å². The van der Waals surface area contributed by atoms with Crippen molar-refractivity contribution < 1.29 is 14.3 Å². The second kappa shape index (κ2) is 5.57. The maximum Gasteiger partial charge on any atom is 0.339 e. The number of carbonyl (C=O) groups excluding carboxylic acids is 1. The molecule has 0 aromatic heterocycles. The minimum absolute atomic E-state index is 0.106. The maximum atomic E-state index is 13.3. The highest BCUT2D eigenvalue weighted by atomic mass is 16.6. The average molecular weight is 342 g/mol. The van der Waals surface area contributed by atoms with Crippen LogP contribution < -0.4 is 0 Å². The molecule has 4 atom stereocenters. The average Bonchev–Trinajstić information content (AvgIpc) is 2.98. The molecule has 1 aliphatic carbocycles. The van der Waals surface area contributed by atoms with Crippen LogP contribution in [0, 0.1) is 12.8 Å². The first-order valence-electron chi connectivity index (χ1n) is 9.76. The molecule has 1 aromatic rings. The number of carbonyl (C=O) groups is 1. The molecule has 2 heterocycles. The molecule has 1 aromatic carbocycles. The number of fused-ring (bicyclic) bond motifs is 1. The van der Waals surface area contributed by atoms with Gasteiger partial charge in [-0.1, -0.05) is 36.2 Å². The Balaban J connectivity index is 1.79. The third kappa shape index (κ3) is 2.63. The first kappa shape index (κ1) is 17.1. The van der Waals surface area contributed by atoms with E-state index in [1.54, 1.807) is 0 Å². The Morgan fingerprint density at radius 3 is 2.48 bits per heavy atom. The molecule has 2 bridgehead atoms. The molecular weight excluding hydrogens is 312 g/mol. The van der Waals surface area contributed by atoms with Crippen LogP contribution in [-0.2, 0) is 14.3 Å². The Morgan fingerprint density at radius 2 is 1.80 bits per heavy atom. The van der Waals surface area contributed by atoms with E-state index in [2.05, 4.69) is 31.2 Å². The highest BCUT2D eigenvalue weighted by molar-refractivity contribution is 5.83. The van der Waals surface area contributed by atoms with E-state index in [9.17, 15) is 4.79 Å². The van der Waals surface area contributed by atoms with Gasteiger partial charge in [-0.15, -0.1) is 0 Å². The van der Waals surface area contributed by atoms with Gasteiger partial charge in [-0.3, -0.25) is 0 Å². The quantitative estimate of drug-likeness (QED) is 0.716. The molecule has 4 rings (SSSR count). The lowest BCUT2D eigenvalue weighted by Gasteiger charge is -2.40. The van der Waals surface area contributed by atoms with E-state index in [-0.39, 0.29) is 17.5 Å². The summed E-state index contributed by atoms with van der Waals surface area (Å²) < 4.78 is 12.6. The van der Waals surface area contributed by atoms with E-state index in [1.807, 2.05) is 20.8 Å². The second-order valence-electron chi connectivity index (χ2n) is 9.30. The van der Waals surface area contributed by atoms with Crippen LogP contribution in [-0.4, -0.2) is 22.8 Å². The smallest absolute Gasteiger partial charge is 0.339 e. The van der Waals surface area contributed by atoms with Crippen LogP contribution >= 0.6 is 0 Å². The van der Waals surface area contributed by atoms with Gasteiger partial charge in [0.15, 0.2) is 5.60 Å². The monoisotopic (exact) mass is 342 g/mol. The van der Waals surface area contributed by atoms with Crippen molar-refractivity contribution in [2.75, 3.05) is 0 Å². The van der Waals surface area contributed by atoms with Gasteiger partial charge in [0.1, 0.15) is 5.60 Å². The standard InChI is InChI=1S/C22H30O3/c1-15-8-10-16(11-9-15)18-17-7-5-12-21(17)13-6-14-22(18,25-21)19(23)24-20(2,3)4/h8-11,17-18H,5-7,12-14H2,1-4H3. The minimum atomic E-state index is -0.800. The number of ether oxygens (including phenoxy) is 2. The van der Waals surface area contributed by atoms with E-state index in [0.29, 0.717) is 5.92 Å².